The van der Waals surface area contributed by atoms with Crippen molar-refractivity contribution in [1.82, 2.24) is 20.6 Å². The number of methoxy groups -OCH3 is 1. The summed E-state index contributed by atoms with van der Waals surface area (Å²) in [5.74, 6) is 1.22. The van der Waals surface area contributed by atoms with Gasteiger partial charge in [0.2, 0.25) is 0 Å². The van der Waals surface area contributed by atoms with Crippen molar-refractivity contribution in [2.75, 3.05) is 19.1 Å². The van der Waals surface area contributed by atoms with E-state index in [1.54, 1.807) is 7.11 Å². The number of likely N-dealkylation sites (N-methyl/N-ethyl adjacent to an activating group) is 1. The summed E-state index contributed by atoms with van der Waals surface area (Å²) in [6.45, 7) is 0. The molecule has 0 radical (unpaired) electrons. The molecule has 1 aromatic heterocycles. The number of hydrogen-bond donors (Lipinski definition) is 2. The number of hydrogen-bond acceptors (Lipinski definition) is 6. The summed E-state index contributed by atoms with van der Waals surface area (Å²) >= 11 is 0. The lowest BCUT2D eigenvalue weighted by molar-refractivity contribution is 0.412. The van der Waals surface area contributed by atoms with E-state index >= 15 is 0 Å². The van der Waals surface area contributed by atoms with Crippen LogP contribution >= 0.6 is 0 Å². The fraction of sp³-hybridized carbons (Fsp3) is 0.350. The van der Waals surface area contributed by atoms with E-state index in [0.717, 1.165) is 35.4 Å². The summed E-state index contributed by atoms with van der Waals surface area (Å²) in [5.41, 5.74) is 9.31. The Kier molecular flexibility index (Phi) is 4.95. The molecule has 7 nitrogen and oxygen atoms in total. The lowest BCUT2D eigenvalue weighted by Crippen LogP contribution is -2.38. The Morgan fingerprint density at radius 2 is 1.96 bits per heavy atom. The van der Waals surface area contributed by atoms with Crippen molar-refractivity contribution in [1.29, 1.82) is 0 Å². The van der Waals surface area contributed by atoms with Gasteiger partial charge in [-0.25, -0.2) is 9.49 Å². The SMILES string of the molecule is COc1ccc(-c2nnn[nH]2)cc1N(C)C1CCC(N)C1c1ccc(F)cc1. The number of aromatic amines is 1. The van der Waals surface area contributed by atoms with Gasteiger partial charge in [-0.2, -0.15) is 0 Å². The quantitative estimate of drug-likeness (QED) is 0.705. The minimum absolute atomic E-state index is 0.0190. The molecule has 0 saturated heterocycles. The highest BCUT2D eigenvalue weighted by molar-refractivity contribution is 5.69. The number of halogens is 1. The first-order valence-corrected chi connectivity index (χ1v) is 9.24. The van der Waals surface area contributed by atoms with Crippen molar-refractivity contribution < 1.29 is 9.13 Å². The average molecular weight is 382 g/mol. The predicted octanol–water partition coefficient (Wildman–Crippen LogP) is 2.72. The lowest BCUT2D eigenvalue weighted by atomic mass is 9.90. The van der Waals surface area contributed by atoms with E-state index in [1.165, 1.54) is 12.1 Å². The number of nitrogens with one attached hydrogen (secondary N) is 1. The maximum absolute atomic E-state index is 13.4. The van der Waals surface area contributed by atoms with Crippen LogP contribution in [0.2, 0.25) is 0 Å². The summed E-state index contributed by atoms with van der Waals surface area (Å²) in [4.78, 5) is 2.20. The van der Waals surface area contributed by atoms with Crippen LogP contribution in [0.1, 0.15) is 24.3 Å². The van der Waals surface area contributed by atoms with E-state index < -0.39 is 0 Å². The summed E-state index contributed by atoms with van der Waals surface area (Å²) in [6, 6.07) is 12.7. The Labute approximate surface area is 162 Å². The maximum Gasteiger partial charge on any atom is 0.179 e. The van der Waals surface area contributed by atoms with Crippen molar-refractivity contribution in [3.05, 3.63) is 53.8 Å². The fourth-order valence-electron chi connectivity index (χ4n) is 4.17. The summed E-state index contributed by atoms with van der Waals surface area (Å²) in [5, 5.41) is 14.1. The van der Waals surface area contributed by atoms with Crippen molar-refractivity contribution in [2.45, 2.75) is 30.8 Å². The molecule has 8 heteroatoms. The molecular formula is C20H23FN6O. The van der Waals surface area contributed by atoms with Gasteiger partial charge >= 0.3 is 0 Å². The number of benzene rings is 2. The molecule has 0 amide bonds. The zero-order valence-corrected chi connectivity index (χ0v) is 15.8. The van der Waals surface area contributed by atoms with Crippen molar-refractivity contribution in [3.63, 3.8) is 0 Å². The van der Waals surface area contributed by atoms with E-state index in [-0.39, 0.29) is 23.8 Å². The van der Waals surface area contributed by atoms with E-state index in [4.69, 9.17) is 10.5 Å². The van der Waals surface area contributed by atoms with Crippen LogP contribution in [-0.4, -0.2) is 46.9 Å². The molecule has 3 atom stereocenters. The minimum Gasteiger partial charge on any atom is -0.495 e. The Bertz CT molecular complexity index is 930. The van der Waals surface area contributed by atoms with Crippen LogP contribution in [0, 0.1) is 5.82 Å². The second-order valence-corrected chi connectivity index (χ2v) is 7.13. The van der Waals surface area contributed by atoms with Crippen LogP contribution in [0.4, 0.5) is 10.1 Å². The van der Waals surface area contributed by atoms with Crippen molar-refractivity contribution >= 4 is 5.69 Å². The van der Waals surface area contributed by atoms with Gasteiger partial charge in [0.25, 0.3) is 0 Å². The Morgan fingerprint density at radius 3 is 2.64 bits per heavy atom. The van der Waals surface area contributed by atoms with Crippen LogP contribution in [-0.2, 0) is 0 Å². The highest BCUT2D eigenvalue weighted by atomic mass is 19.1. The van der Waals surface area contributed by atoms with Gasteiger partial charge in [0.05, 0.1) is 12.8 Å². The topological polar surface area (TPSA) is 93.0 Å². The molecule has 28 heavy (non-hydrogen) atoms. The third kappa shape index (κ3) is 3.31. The molecule has 3 unspecified atom stereocenters. The molecule has 0 aliphatic heterocycles. The van der Waals surface area contributed by atoms with Gasteiger partial charge in [-0.3, -0.25) is 0 Å². The summed E-state index contributed by atoms with van der Waals surface area (Å²) in [6.07, 6.45) is 1.85. The highest BCUT2D eigenvalue weighted by Crippen LogP contribution is 2.41. The van der Waals surface area contributed by atoms with Crippen LogP contribution in [0.3, 0.4) is 0 Å². The van der Waals surface area contributed by atoms with Crippen LogP contribution in [0.5, 0.6) is 5.75 Å². The lowest BCUT2D eigenvalue weighted by Gasteiger charge is -2.34. The molecule has 1 aliphatic rings. The molecule has 1 fully saturated rings. The normalized spacial score (nSPS) is 21.6. The first-order chi connectivity index (χ1) is 13.6. The van der Waals surface area contributed by atoms with Gasteiger partial charge in [-0.15, -0.1) is 5.10 Å². The second kappa shape index (κ2) is 7.55. The fourth-order valence-corrected chi connectivity index (χ4v) is 4.17. The molecule has 146 valence electrons. The van der Waals surface area contributed by atoms with E-state index in [0.29, 0.717) is 5.82 Å². The smallest absolute Gasteiger partial charge is 0.179 e. The number of rotatable bonds is 5. The zero-order chi connectivity index (χ0) is 19.7. The summed E-state index contributed by atoms with van der Waals surface area (Å²) in [7, 11) is 3.69. The molecule has 1 aliphatic carbocycles. The molecule has 0 bridgehead atoms. The third-order valence-electron chi connectivity index (χ3n) is 5.60. The van der Waals surface area contributed by atoms with Crippen LogP contribution < -0.4 is 15.4 Å². The third-order valence-corrected chi connectivity index (χ3v) is 5.60. The summed E-state index contributed by atoms with van der Waals surface area (Å²) < 4.78 is 19.0. The van der Waals surface area contributed by atoms with E-state index in [2.05, 4.69) is 25.5 Å². The molecule has 3 aromatic rings. The highest BCUT2D eigenvalue weighted by Gasteiger charge is 2.38. The van der Waals surface area contributed by atoms with Gasteiger partial charge in [0.1, 0.15) is 11.6 Å². The van der Waals surface area contributed by atoms with Gasteiger partial charge in [-0.1, -0.05) is 12.1 Å². The number of H-pyrrole nitrogens is 1. The average Bonchev–Trinajstić information content (AvgIpc) is 3.38. The number of ether oxygens (including phenoxy) is 1. The largest absolute Gasteiger partial charge is 0.495 e. The number of anilines is 1. The van der Waals surface area contributed by atoms with E-state index in [1.807, 2.05) is 37.4 Å². The maximum atomic E-state index is 13.4. The van der Waals surface area contributed by atoms with E-state index in [9.17, 15) is 4.39 Å². The first-order valence-electron chi connectivity index (χ1n) is 9.24. The molecule has 2 aromatic carbocycles. The second-order valence-electron chi connectivity index (χ2n) is 7.13. The number of nitrogens with zero attached hydrogens (tertiary/aromatic N) is 4. The first kappa shape index (κ1) is 18.4. The molecule has 1 heterocycles. The van der Waals surface area contributed by atoms with Gasteiger partial charge < -0.3 is 15.4 Å². The van der Waals surface area contributed by atoms with Gasteiger partial charge in [0.15, 0.2) is 5.82 Å². The monoisotopic (exact) mass is 382 g/mol. The Balaban J connectivity index is 1.70. The number of nitrogens with two attached hydrogens (primary N) is 1. The van der Waals surface area contributed by atoms with Crippen LogP contribution in [0.25, 0.3) is 11.4 Å². The Morgan fingerprint density at radius 1 is 1.18 bits per heavy atom. The molecule has 0 spiro atoms. The van der Waals surface area contributed by atoms with Gasteiger partial charge in [-0.05, 0) is 59.2 Å². The number of tetrazole rings is 1. The van der Waals surface area contributed by atoms with Crippen molar-refractivity contribution in [3.8, 4) is 17.1 Å². The van der Waals surface area contributed by atoms with Crippen LogP contribution in [0.15, 0.2) is 42.5 Å². The standard InChI is InChI=1S/C20H23FN6O/c1-27(16-9-8-15(22)19(16)12-3-6-14(21)7-4-12)17-11-13(5-10-18(17)28-2)20-23-25-26-24-20/h3-7,10-11,15-16,19H,8-9,22H2,1-2H3,(H,23,24,25,26). The zero-order valence-electron chi connectivity index (χ0n) is 15.8. The van der Waals surface area contributed by atoms with Crippen molar-refractivity contribution in [2.24, 2.45) is 5.73 Å². The van der Waals surface area contributed by atoms with Gasteiger partial charge in [0, 0.05) is 30.6 Å². The molecular weight excluding hydrogens is 359 g/mol. The Hall–Kier alpha value is -3.00. The predicted molar refractivity (Wildman–Crippen MR) is 105 cm³/mol. The minimum atomic E-state index is -0.240. The molecule has 1 saturated carbocycles. The molecule has 3 N–H and O–H groups in total. The number of aromatic nitrogens is 4. The molecule has 4 rings (SSSR count).